The number of nitrogens with zero attached hydrogens (tertiary/aromatic N) is 6. The van der Waals surface area contributed by atoms with Gasteiger partial charge in [0.05, 0.1) is 17.8 Å². The molecule has 1 aromatic carbocycles. The Morgan fingerprint density at radius 2 is 1.88 bits per heavy atom. The van der Waals surface area contributed by atoms with Gasteiger partial charge in [-0.25, -0.2) is 0 Å². The maximum Gasteiger partial charge on any atom is 0.406 e. The first-order valence-corrected chi connectivity index (χ1v) is 10.6. The first-order valence-electron chi connectivity index (χ1n) is 10.6. The van der Waals surface area contributed by atoms with Gasteiger partial charge in [0.15, 0.2) is 11.5 Å². The summed E-state index contributed by atoms with van der Waals surface area (Å²) in [5.41, 5.74) is 2.16. The number of hydrogen-bond acceptors (Lipinski definition) is 5. The van der Waals surface area contributed by atoms with Crippen LogP contribution in [0.3, 0.4) is 0 Å². The molecular formula is C22H23F3N6O. The zero-order chi connectivity index (χ0) is 22.3. The van der Waals surface area contributed by atoms with Gasteiger partial charge in [0.25, 0.3) is 0 Å². The van der Waals surface area contributed by atoms with Gasteiger partial charge >= 0.3 is 6.18 Å². The molecule has 4 heterocycles. The highest BCUT2D eigenvalue weighted by molar-refractivity contribution is 5.86. The zero-order valence-electron chi connectivity index (χ0n) is 17.6. The molecule has 32 heavy (non-hydrogen) atoms. The van der Waals surface area contributed by atoms with Crippen LogP contribution >= 0.6 is 0 Å². The first kappa shape index (κ1) is 20.7. The van der Waals surface area contributed by atoms with Crippen molar-refractivity contribution in [1.82, 2.24) is 29.3 Å². The molecule has 3 aromatic heterocycles. The number of aromatic nitrogens is 5. The van der Waals surface area contributed by atoms with E-state index in [1.165, 1.54) is 10.8 Å². The molecule has 1 saturated heterocycles. The zero-order valence-corrected chi connectivity index (χ0v) is 17.6. The lowest BCUT2D eigenvalue weighted by Crippen LogP contribution is -2.38. The second-order valence-electron chi connectivity index (χ2n) is 8.20. The van der Waals surface area contributed by atoms with Crippen molar-refractivity contribution in [2.45, 2.75) is 45.1 Å². The van der Waals surface area contributed by atoms with Gasteiger partial charge in [0.1, 0.15) is 18.4 Å². The molecule has 0 saturated carbocycles. The van der Waals surface area contributed by atoms with Crippen LogP contribution in [0.1, 0.15) is 24.4 Å². The molecule has 0 radical (unpaired) electrons. The van der Waals surface area contributed by atoms with Crippen molar-refractivity contribution < 1.29 is 17.9 Å². The number of hydrogen-bond donors (Lipinski definition) is 0. The van der Waals surface area contributed by atoms with E-state index in [2.05, 4.69) is 20.2 Å². The Balaban J connectivity index is 1.23. The fourth-order valence-corrected chi connectivity index (χ4v) is 4.22. The molecule has 0 spiro atoms. The minimum absolute atomic E-state index is 0.0123. The summed E-state index contributed by atoms with van der Waals surface area (Å²) in [4.78, 5) is 2.29. The van der Waals surface area contributed by atoms with E-state index in [4.69, 9.17) is 4.74 Å². The highest BCUT2D eigenvalue weighted by Crippen LogP contribution is 2.31. The van der Waals surface area contributed by atoms with E-state index < -0.39 is 12.7 Å². The summed E-state index contributed by atoms with van der Waals surface area (Å²) in [6, 6.07) is 10.8. The van der Waals surface area contributed by atoms with Crippen LogP contribution in [-0.2, 0) is 13.1 Å². The monoisotopic (exact) mass is 444 g/mol. The number of fused-ring (bicyclic) bond motifs is 2. The molecule has 0 aliphatic carbocycles. The van der Waals surface area contributed by atoms with Gasteiger partial charge in [-0.05, 0) is 50.1 Å². The van der Waals surface area contributed by atoms with Gasteiger partial charge < -0.3 is 9.30 Å². The summed E-state index contributed by atoms with van der Waals surface area (Å²) >= 11 is 0. The lowest BCUT2D eigenvalue weighted by molar-refractivity contribution is -0.139. The number of rotatable bonds is 5. The number of alkyl halides is 3. The van der Waals surface area contributed by atoms with Crippen LogP contribution in [-0.4, -0.2) is 54.6 Å². The standard InChI is InChI=1S/C22H23F3N6O/c1-15-5-6-20-26-27-21(31(20)28-15)13-29-10-7-16(8-11-29)32-19-4-2-3-18-17(19)9-12-30(18)14-22(23,24)25/h2-6,9,12,16H,7-8,10-11,13-14H2,1H3. The fraction of sp³-hybridized carbons (Fsp3) is 0.409. The SMILES string of the molecule is Cc1ccc2nnc(CN3CCC(Oc4cccc5c4ccn5CC(F)(F)F)CC3)n2n1. The van der Waals surface area contributed by atoms with E-state index in [-0.39, 0.29) is 6.10 Å². The Morgan fingerprint density at radius 3 is 2.66 bits per heavy atom. The van der Waals surface area contributed by atoms with Gasteiger partial charge in [0.2, 0.25) is 0 Å². The first-order chi connectivity index (χ1) is 15.4. The Hall–Kier alpha value is -3.14. The second kappa shape index (κ2) is 8.09. The summed E-state index contributed by atoms with van der Waals surface area (Å²) in [5, 5.41) is 13.6. The van der Waals surface area contributed by atoms with Crippen molar-refractivity contribution in [2.75, 3.05) is 13.1 Å². The number of likely N-dealkylation sites (tertiary alicyclic amines) is 1. The summed E-state index contributed by atoms with van der Waals surface area (Å²) in [6.45, 7) is 3.24. The smallest absolute Gasteiger partial charge is 0.406 e. The van der Waals surface area contributed by atoms with Crippen molar-refractivity contribution >= 4 is 16.6 Å². The Labute approximate surface area is 182 Å². The van der Waals surface area contributed by atoms with Crippen LogP contribution in [0.2, 0.25) is 0 Å². The van der Waals surface area contributed by atoms with Crippen molar-refractivity contribution in [2.24, 2.45) is 0 Å². The molecule has 10 heteroatoms. The molecule has 0 atom stereocenters. The van der Waals surface area contributed by atoms with E-state index in [1.807, 2.05) is 25.1 Å². The average Bonchev–Trinajstić information content (AvgIpc) is 3.33. The van der Waals surface area contributed by atoms with Gasteiger partial charge in [-0.15, -0.1) is 10.2 Å². The highest BCUT2D eigenvalue weighted by atomic mass is 19.4. The maximum absolute atomic E-state index is 12.8. The number of benzene rings is 1. The van der Waals surface area contributed by atoms with Gasteiger partial charge in [-0.1, -0.05) is 6.07 Å². The molecular weight excluding hydrogens is 421 g/mol. The minimum atomic E-state index is -4.26. The van der Waals surface area contributed by atoms with Crippen molar-refractivity contribution in [3.63, 3.8) is 0 Å². The normalized spacial score (nSPS) is 16.2. The average molecular weight is 444 g/mol. The molecule has 168 valence electrons. The number of piperidine rings is 1. The van der Waals surface area contributed by atoms with Crippen LogP contribution in [0.25, 0.3) is 16.6 Å². The second-order valence-corrected chi connectivity index (χ2v) is 8.20. The number of aryl methyl sites for hydroxylation is 1. The van der Waals surface area contributed by atoms with Crippen molar-refractivity contribution in [3.8, 4) is 5.75 Å². The Kier molecular flexibility index (Phi) is 5.24. The molecule has 0 unspecified atom stereocenters. The predicted molar refractivity (Wildman–Crippen MR) is 112 cm³/mol. The van der Waals surface area contributed by atoms with Crippen LogP contribution in [0, 0.1) is 6.92 Å². The van der Waals surface area contributed by atoms with Gasteiger partial charge in [-0.2, -0.15) is 22.8 Å². The third kappa shape index (κ3) is 4.27. The predicted octanol–water partition coefficient (Wildman–Crippen LogP) is 3.99. The van der Waals surface area contributed by atoms with E-state index >= 15 is 0 Å². The Bertz CT molecular complexity index is 1240. The molecule has 5 rings (SSSR count). The van der Waals surface area contributed by atoms with Gasteiger partial charge in [0, 0.05) is 24.7 Å². The highest BCUT2D eigenvalue weighted by Gasteiger charge is 2.29. The van der Waals surface area contributed by atoms with E-state index in [0.717, 1.165) is 43.1 Å². The minimum Gasteiger partial charge on any atom is -0.490 e. The van der Waals surface area contributed by atoms with Crippen LogP contribution in [0.15, 0.2) is 42.6 Å². The molecule has 0 amide bonds. The van der Waals surface area contributed by atoms with Gasteiger partial charge in [-0.3, -0.25) is 4.90 Å². The van der Waals surface area contributed by atoms with Crippen molar-refractivity contribution in [3.05, 3.63) is 54.1 Å². The largest absolute Gasteiger partial charge is 0.490 e. The quantitative estimate of drug-likeness (QED) is 0.466. The Morgan fingerprint density at radius 1 is 1.06 bits per heavy atom. The molecule has 4 aromatic rings. The fourth-order valence-electron chi connectivity index (χ4n) is 4.22. The third-order valence-electron chi connectivity index (χ3n) is 5.78. The van der Waals surface area contributed by atoms with Crippen LogP contribution < -0.4 is 4.74 Å². The summed E-state index contributed by atoms with van der Waals surface area (Å²) in [5.74, 6) is 1.43. The maximum atomic E-state index is 12.8. The lowest BCUT2D eigenvalue weighted by atomic mass is 10.1. The summed E-state index contributed by atoms with van der Waals surface area (Å²) in [7, 11) is 0. The molecule has 1 aliphatic heterocycles. The topological polar surface area (TPSA) is 60.5 Å². The van der Waals surface area contributed by atoms with Crippen LogP contribution in [0.4, 0.5) is 13.2 Å². The van der Waals surface area contributed by atoms with E-state index in [9.17, 15) is 13.2 Å². The molecule has 1 fully saturated rings. The number of ether oxygens (including phenoxy) is 1. The molecule has 0 N–H and O–H groups in total. The summed E-state index contributed by atoms with van der Waals surface area (Å²) < 4.78 is 47.7. The van der Waals surface area contributed by atoms with Crippen LogP contribution in [0.5, 0.6) is 5.75 Å². The lowest BCUT2D eigenvalue weighted by Gasteiger charge is -2.31. The van der Waals surface area contributed by atoms with Crippen molar-refractivity contribution in [1.29, 1.82) is 0 Å². The molecule has 7 nitrogen and oxygen atoms in total. The summed E-state index contributed by atoms with van der Waals surface area (Å²) in [6.07, 6.45) is -1.14. The third-order valence-corrected chi connectivity index (χ3v) is 5.78. The van der Waals surface area contributed by atoms with E-state index in [1.54, 1.807) is 22.7 Å². The molecule has 1 aliphatic rings. The number of halogens is 3. The molecule has 0 bridgehead atoms. The van der Waals surface area contributed by atoms with E-state index in [0.29, 0.717) is 23.2 Å².